The summed E-state index contributed by atoms with van der Waals surface area (Å²) in [6.45, 7) is 2.02. The van der Waals surface area contributed by atoms with E-state index in [9.17, 15) is 4.79 Å². The first-order valence-electron chi connectivity index (χ1n) is 9.70. The van der Waals surface area contributed by atoms with Crippen molar-refractivity contribution < 1.29 is 9.53 Å². The molecule has 0 spiro atoms. The van der Waals surface area contributed by atoms with E-state index >= 15 is 0 Å². The zero-order valence-corrected chi connectivity index (χ0v) is 16.7. The number of carbonyl (C=O) groups excluding carboxylic acids is 1. The smallest absolute Gasteiger partial charge is 0.251 e. The number of anilines is 1. The van der Waals surface area contributed by atoms with Gasteiger partial charge >= 0.3 is 0 Å². The molecule has 2 aromatic rings. The molecule has 1 fully saturated rings. The van der Waals surface area contributed by atoms with E-state index in [2.05, 4.69) is 23.3 Å². The third-order valence-corrected chi connectivity index (χ3v) is 5.61. The zero-order chi connectivity index (χ0) is 20.1. The third kappa shape index (κ3) is 4.45. The molecule has 5 heteroatoms. The maximum Gasteiger partial charge on any atom is 0.251 e. The molecule has 1 aliphatic rings. The van der Waals surface area contributed by atoms with Crippen LogP contribution in [0.25, 0.3) is 0 Å². The predicted octanol–water partition coefficient (Wildman–Crippen LogP) is 4.05. The van der Waals surface area contributed by atoms with E-state index in [0.29, 0.717) is 17.4 Å². The summed E-state index contributed by atoms with van der Waals surface area (Å²) >= 11 is 0. The molecular formula is C23H27N3O2. The molecule has 1 aliphatic carbocycles. The van der Waals surface area contributed by atoms with Crippen LogP contribution in [0, 0.1) is 18.3 Å². The zero-order valence-electron chi connectivity index (χ0n) is 16.7. The standard InChI is InChI=1S/C23H27N3O2/c1-16-4-6-17(7-5-16)23(27)25-19-9-12-20(13-10-19)26(2)21-11-8-18(15-24)22(14-21)28-3/h4-8,11,14,19-20H,9-10,12-13H2,1-3H3,(H,25,27). The highest BCUT2D eigenvalue weighted by atomic mass is 16.5. The Balaban J connectivity index is 1.57. The van der Waals surface area contributed by atoms with Crippen LogP contribution in [0.2, 0.25) is 0 Å². The highest BCUT2D eigenvalue weighted by Crippen LogP contribution is 2.30. The minimum Gasteiger partial charge on any atom is -0.495 e. The summed E-state index contributed by atoms with van der Waals surface area (Å²) < 4.78 is 5.33. The van der Waals surface area contributed by atoms with Gasteiger partial charge in [0.15, 0.2) is 0 Å². The number of nitriles is 1. The molecule has 0 bridgehead atoms. The van der Waals surface area contributed by atoms with Crippen LogP contribution in [0.15, 0.2) is 42.5 Å². The molecule has 0 unspecified atom stereocenters. The Bertz CT molecular complexity index is 862. The van der Waals surface area contributed by atoms with E-state index in [1.807, 2.05) is 43.3 Å². The fraction of sp³-hybridized carbons (Fsp3) is 0.391. The van der Waals surface area contributed by atoms with Crippen molar-refractivity contribution in [3.05, 3.63) is 59.2 Å². The van der Waals surface area contributed by atoms with Crippen LogP contribution in [-0.2, 0) is 0 Å². The van der Waals surface area contributed by atoms with Crippen molar-refractivity contribution in [1.29, 1.82) is 5.26 Å². The van der Waals surface area contributed by atoms with Crippen molar-refractivity contribution in [3.8, 4) is 11.8 Å². The molecule has 5 nitrogen and oxygen atoms in total. The number of ether oxygens (including phenoxy) is 1. The Morgan fingerprint density at radius 3 is 2.43 bits per heavy atom. The maximum absolute atomic E-state index is 12.4. The van der Waals surface area contributed by atoms with E-state index in [4.69, 9.17) is 10.00 Å². The second kappa shape index (κ2) is 8.79. The van der Waals surface area contributed by atoms with Crippen LogP contribution >= 0.6 is 0 Å². The average molecular weight is 377 g/mol. The second-order valence-electron chi connectivity index (χ2n) is 7.45. The number of carbonyl (C=O) groups is 1. The number of rotatable bonds is 5. The molecule has 3 rings (SSSR count). The highest BCUT2D eigenvalue weighted by Gasteiger charge is 2.26. The molecule has 0 heterocycles. The van der Waals surface area contributed by atoms with Crippen molar-refractivity contribution in [1.82, 2.24) is 5.32 Å². The van der Waals surface area contributed by atoms with E-state index in [0.717, 1.165) is 42.5 Å². The van der Waals surface area contributed by atoms with E-state index in [-0.39, 0.29) is 11.9 Å². The van der Waals surface area contributed by atoms with Gasteiger partial charge in [0, 0.05) is 36.4 Å². The van der Waals surface area contributed by atoms with Crippen LogP contribution in [0.5, 0.6) is 5.75 Å². The first kappa shape index (κ1) is 19.8. The fourth-order valence-electron chi connectivity index (χ4n) is 3.78. The fourth-order valence-corrected chi connectivity index (χ4v) is 3.78. The van der Waals surface area contributed by atoms with E-state index in [1.165, 1.54) is 0 Å². The Kier molecular flexibility index (Phi) is 6.20. The van der Waals surface area contributed by atoms with Crippen molar-refractivity contribution in [2.75, 3.05) is 19.1 Å². The molecular weight excluding hydrogens is 350 g/mol. The van der Waals surface area contributed by atoms with Crippen molar-refractivity contribution in [3.63, 3.8) is 0 Å². The van der Waals surface area contributed by atoms with Crippen LogP contribution in [0.1, 0.15) is 47.2 Å². The lowest BCUT2D eigenvalue weighted by atomic mass is 9.90. The molecule has 1 amide bonds. The normalized spacial score (nSPS) is 18.8. The molecule has 0 saturated heterocycles. The lowest BCUT2D eigenvalue weighted by Crippen LogP contribution is -2.42. The van der Waals surface area contributed by atoms with Gasteiger partial charge < -0.3 is 15.0 Å². The first-order valence-corrected chi connectivity index (χ1v) is 9.70. The number of amides is 1. The number of nitrogens with one attached hydrogen (secondary N) is 1. The number of methoxy groups -OCH3 is 1. The van der Waals surface area contributed by atoms with E-state index < -0.39 is 0 Å². The molecule has 0 aliphatic heterocycles. The Labute approximate surface area is 166 Å². The number of aryl methyl sites for hydroxylation is 1. The summed E-state index contributed by atoms with van der Waals surface area (Å²) in [6, 6.07) is 16.1. The lowest BCUT2D eigenvalue weighted by molar-refractivity contribution is 0.0926. The molecule has 2 aromatic carbocycles. The average Bonchev–Trinajstić information content (AvgIpc) is 2.73. The first-order chi connectivity index (χ1) is 13.5. The summed E-state index contributed by atoms with van der Waals surface area (Å²) in [6.07, 6.45) is 3.94. The van der Waals surface area contributed by atoms with Crippen LogP contribution in [-0.4, -0.2) is 32.1 Å². The SMILES string of the molecule is COc1cc(N(C)C2CCC(NC(=O)c3ccc(C)cc3)CC2)ccc1C#N. The van der Waals surface area contributed by atoms with Crippen molar-refractivity contribution >= 4 is 11.6 Å². The van der Waals surface area contributed by atoms with Gasteiger partial charge in [-0.3, -0.25) is 4.79 Å². The Hall–Kier alpha value is -3.00. The summed E-state index contributed by atoms with van der Waals surface area (Å²) in [7, 11) is 3.67. The molecule has 146 valence electrons. The number of hydrogen-bond acceptors (Lipinski definition) is 4. The Morgan fingerprint density at radius 2 is 1.82 bits per heavy atom. The quantitative estimate of drug-likeness (QED) is 0.854. The lowest BCUT2D eigenvalue weighted by Gasteiger charge is -2.36. The van der Waals surface area contributed by atoms with Crippen molar-refractivity contribution in [2.45, 2.75) is 44.7 Å². The summed E-state index contributed by atoms with van der Waals surface area (Å²) in [5.41, 5.74) is 3.46. The van der Waals surface area contributed by atoms with Gasteiger partial charge in [0.1, 0.15) is 11.8 Å². The van der Waals surface area contributed by atoms with Gasteiger partial charge in [-0.15, -0.1) is 0 Å². The molecule has 1 saturated carbocycles. The van der Waals surface area contributed by atoms with Gasteiger partial charge in [-0.2, -0.15) is 5.26 Å². The predicted molar refractivity (Wildman–Crippen MR) is 111 cm³/mol. The molecule has 28 heavy (non-hydrogen) atoms. The third-order valence-electron chi connectivity index (χ3n) is 5.61. The molecule has 0 radical (unpaired) electrons. The molecule has 0 aromatic heterocycles. The molecule has 1 N–H and O–H groups in total. The minimum atomic E-state index is 0.00799. The van der Waals surface area contributed by atoms with E-state index in [1.54, 1.807) is 13.2 Å². The second-order valence-corrected chi connectivity index (χ2v) is 7.45. The summed E-state index contributed by atoms with van der Waals surface area (Å²) in [5.74, 6) is 0.611. The number of nitrogens with zero attached hydrogens (tertiary/aromatic N) is 2. The number of hydrogen-bond donors (Lipinski definition) is 1. The van der Waals surface area contributed by atoms with Crippen LogP contribution < -0.4 is 15.0 Å². The summed E-state index contributed by atoms with van der Waals surface area (Å²) in [4.78, 5) is 14.7. The van der Waals surface area contributed by atoms with Crippen molar-refractivity contribution in [2.24, 2.45) is 0 Å². The van der Waals surface area contributed by atoms with Crippen LogP contribution in [0.4, 0.5) is 5.69 Å². The van der Waals surface area contributed by atoms with Gasteiger partial charge in [-0.25, -0.2) is 0 Å². The number of benzene rings is 2. The monoisotopic (exact) mass is 377 g/mol. The maximum atomic E-state index is 12.4. The van der Waals surface area contributed by atoms with Gasteiger partial charge in [0.2, 0.25) is 0 Å². The van der Waals surface area contributed by atoms with Gasteiger partial charge in [-0.05, 0) is 56.9 Å². The highest BCUT2D eigenvalue weighted by molar-refractivity contribution is 5.94. The molecule has 0 atom stereocenters. The van der Waals surface area contributed by atoms with Crippen LogP contribution in [0.3, 0.4) is 0 Å². The topological polar surface area (TPSA) is 65.4 Å². The summed E-state index contributed by atoms with van der Waals surface area (Å²) in [5, 5.41) is 12.3. The van der Waals surface area contributed by atoms with Gasteiger partial charge in [0.05, 0.1) is 12.7 Å². The van der Waals surface area contributed by atoms with Gasteiger partial charge in [-0.1, -0.05) is 17.7 Å². The minimum absolute atomic E-state index is 0.00799. The Morgan fingerprint density at radius 1 is 1.14 bits per heavy atom. The van der Waals surface area contributed by atoms with Gasteiger partial charge in [0.25, 0.3) is 5.91 Å². The largest absolute Gasteiger partial charge is 0.495 e.